The van der Waals surface area contributed by atoms with Crippen LogP contribution >= 0.6 is 0 Å². The summed E-state index contributed by atoms with van der Waals surface area (Å²) in [6.45, 7) is 7.97. The smallest absolute Gasteiger partial charge is 0.350 e. The van der Waals surface area contributed by atoms with Crippen molar-refractivity contribution in [2.75, 3.05) is 49.2 Å². The van der Waals surface area contributed by atoms with Gasteiger partial charge in [-0.25, -0.2) is 32.5 Å². The van der Waals surface area contributed by atoms with Crippen LogP contribution in [0.1, 0.15) is 38.3 Å². The number of aliphatic hydroxyl groups excluding tert-OH is 1. The second-order valence-electron chi connectivity index (χ2n) is 13.3. The third-order valence-electron chi connectivity index (χ3n) is 9.96. The number of benzene rings is 3. The molecule has 1 N–H and O–H groups in total. The van der Waals surface area contributed by atoms with Crippen LogP contribution in [0.3, 0.4) is 0 Å². The summed E-state index contributed by atoms with van der Waals surface area (Å²) in [4.78, 5) is 21.7. The highest BCUT2D eigenvalue weighted by atomic mass is 19.1. The number of hydrogen-bond donors (Lipinski definition) is 1. The molecule has 0 aliphatic carbocycles. The highest BCUT2D eigenvalue weighted by Gasteiger charge is 2.44. The molecular formula is C37H42F2N8O4. The number of rotatable bonds is 12. The van der Waals surface area contributed by atoms with Gasteiger partial charge in [0.2, 0.25) is 0 Å². The molecule has 7 rings (SSSR count). The average Bonchev–Trinajstić information content (AvgIpc) is 3.90. The van der Waals surface area contributed by atoms with E-state index in [-0.39, 0.29) is 24.2 Å². The van der Waals surface area contributed by atoms with E-state index in [0.717, 1.165) is 55.1 Å². The minimum atomic E-state index is -1.02. The first kappa shape index (κ1) is 34.4. The first-order chi connectivity index (χ1) is 24.7. The molecule has 5 aromatic rings. The molecule has 2 aliphatic rings. The number of aromatic nitrogens is 6. The zero-order valence-electron chi connectivity index (χ0n) is 28.7. The summed E-state index contributed by atoms with van der Waals surface area (Å²) in [6.07, 6.45) is 4.88. The molecule has 3 unspecified atom stereocenters. The van der Waals surface area contributed by atoms with E-state index in [9.17, 15) is 18.7 Å². The Labute approximate surface area is 294 Å². The van der Waals surface area contributed by atoms with E-state index < -0.39 is 23.3 Å². The van der Waals surface area contributed by atoms with Crippen LogP contribution in [0, 0.1) is 17.6 Å². The zero-order chi connectivity index (χ0) is 35.5. The number of halogens is 2. The van der Waals surface area contributed by atoms with E-state index in [2.05, 4.69) is 37.1 Å². The topological polar surface area (TPSA) is 116 Å². The maximum absolute atomic E-state index is 15.0. The number of aliphatic hydroxyl groups is 1. The molecule has 3 aromatic carbocycles. The number of hydrogen-bond acceptors (Lipinski definition) is 9. The van der Waals surface area contributed by atoms with E-state index in [1.54, 1.807) is 17.9 Å². The summed E-state index contributed by atoms with van der Waals surface area (Å²) in [5.41, 5.74) is 1.93. The van der Waals surface area contributed by atoms with Gasteiger partial charge >= 0.3 is 5.69 Å². The van der Waals surface area contributed by atoms with Gasteiger partial charge in [0, 0.05) is 55.1 Å². The van der Waals surface area contributed by atoms with Gasteiger partial charge in [-0.1, -0.05) is 13.0 Å². The Morgan fingerprint density at radius 3 is 2.22 bits per heavy atom. The van der Waals surface area contributed by atoms with Crippen LogP contribution in [-0.4, -0.2) is 79.7 Å². The van der Waals surface area contributed by atoms with Gasteiger partial charge in [0.25, 0.3) is 0 Å². The van der Waals surface area contributed by atoms with Gasteiger partial charge in [-0.05, 0) is 74.4 Å². The van der Waals surface area contributed by atoms with Crippen LogP contribution in [0.5, 0.6) is 5.75 Å². The molecule has 0 bridgehead atoms. The maximum Gasteiger partial charge on any atom is 0.350 e. The van der Waals surface area contributed by atoms with Gasteiger partial charge in [0.05, 0.1) is 37.6 Å². The van der Waals surface area contributed by atoms with E-state index in [1.807, 2.05) is 43.3 Å². The van der Waals surface area contributed by atoms with Crippen molar-refractivity contribution >= 4 is 11.4 Å². The molecule has 2 saturated heterocycles. The van der Waals surface area contributed by atoms with Crippen molar-refractivity contribution < 1.29 is 23.4 Å². The fourth-order valence-electron chi connectivity index (χ4n) is 7.24. The van der Waals surface area contributed by atoms with E-state index in [1.165, 1.54) is 34.0 Å². The number of ether oxygens (including phenoxy) is 2. The number of piperazine rings is 1. The lowest BCUT2D eigenvalue weighted by molar-refractivity contribution is -0.0206. The Hall–Kier alpha value is -5.08. The average molecular weight is 701 g/mol. The largest absolute Gasteiger partial charge is 0.493 e. The standard InChI is InChI=1S/C37H42F2N8O4/c1-3-35(26(2)48)47-36(49)46(25-42-47)31-7-5-29(6-8-31)43-14-16-44(17-15-43)30-9-11-32(12-10-30)50-20-27-19-37(51-21-27,22-45-24-40-23-41-45)33-13-4-28(38)18-34(33)39/h4-13,18,23-27,35,48H,3,14-17,19-22H2,1-2H3/t26?,27?,35-,37?/m1/s1. The summed E-state index contributed by atoms with van der Waals surface area (Å²) in [7, 11) is 0. The molecule has 4 heterocycles. The summed E-state index contributed by atoms with van der Waals surface area (Å²) in [6, 6.07) is 19.2. The minimum Gasteiger partial charge on any atom is -0.493 e. The van der Waals surface area contributed by atoms with Crippen molar-refractivity contribution in [3.63, 3.8) is 0 Å². The summed E-state index contributed by atoms with van der Waals surface area (Å²) in [5, 5.41) is 18.5. The Morgan fingerprint density at radius 2 is 1.61 bits per heavy atom. The molecule has 0 amide bonds. The van der Waals surface area contributed by atoms with Crippen LogP contribution in [0.4, 0.5) is 20.2 Å². The van der Waals surface area contributed by atoms with Crippen LogP contribution in [-0.2, 0) is 16.9 Å². The molecule has 51 heavy (non-hydrogen) atoms. The lowest BCUT2D eigenvalue weighted by Gasteiger charge is -2.37. The van der Waals surface area contributed by atoms with Crippen molar-refractivity contribution in [2.24, 2.45) is 5.92 Å². The Kier molecular flexibility index (Phi) is 9.87. The summed E-state index contributed by atoms with van der Waals surface area (Å²) in [5.74, 6) is -0.563. The van der Waals surface area contributed by atoms with E-state index in [0.29, 0.717) is 31.6 Å². The molecule has 0 radical (unpaired) electrons. The molecule has 0 spiro atoms. The Bertz CT molecular complexity index is 1960. The van der Waals surface area contributed by atoms with E-state index >= 15 is 0 Å². The van der Waals surface area contributed by atoms with Gasteiger partial charge in [-0.15, -0.1) is 0 Å². The molecule has 4 atom stereocenters. The molecule has 2 fully saturated rings. The highest BCUT2D eigenvalue weighted by Crippen LogP contribution is 2.42. The number of anilines is 2. The maximum atomic E-state index is 15.0. The van der Waals surface area contributed by atoms with Crippen LogP contribution in [0.15, 0.2) is 90.5 Å². The molecular weight excluding hydrogens is 658 g/mol. The highest BCUT2D eigenvalue weighted by molar-refractivity contribution is 5.54. The van der Waals surface area contributed by atoms with Crippen molar-refractivity contribution in [3.8, 4) is 11.4 Å². The molecule has 2 aromatic heterocycles. The summed E-state index contributed by atoms with van der Waals surface area (Å²) >= 11 is 0. The predicted octanol–water partition coefficient (Wildman–Crippen LogP) is 4.57. The second-order valence-corrected chi connectivity index (χ2v) is 13.3. The lowest BCUT2D eigenvalue weighted by atomic mass is 9.87. The zero-order valence-corrected chi connectivity index (χ0v) is 28.7. The van der Waals surface area contributed by atoms with Crippen molar-refractivity contribution in [2.45, 2.75) is 51.0 Å². The molecule has 0 saturated carbocycles. The quantitative estimate of drug-likeness (QED) is 0.200. The van der Waals surface area contributed by atoms with Crippen molar-refractivity contribution in [1.82, 2.24) is 29.1 Å². The molecule has 268 valence electrons. The molecule has 2 aliphatic heterocycles. The normalized spacial score (nSPS) is 20.5. The lowest BCUT2D eigenvalue weighted by Crippen LogP contribution is -2.46. The minimum absolute atomic E-state index is 0.0121. The van der Waals surface area contributed by atoms with Gasteiger partial charge < -0.3 is 24.4 Å². The summed E-state index contributed by atoms with van der Waals surface area (Å²) < 4.78 is 45.6. The first-order valence-electron chi connectivity index (χ1n) is 17.3. The van der Waals surface area contributed by atoms with Crippen molar-refractivity contribution in [3.05, 3.63) is 113 Å². The van der Waals surface area contributed by atoms with E-state index in [4.69, 9.17) is 9.47 Å². The van der Waals surface area contributed by atoms with Gasteiger partial charge in [-0.2, -0.15) is 10.2 Å². The second kappa shape index (κ2) is 14.6. The van der Waals surface area contributed by atoms with Crippen LogP contribution < -0.4 is 20.2 Å². The third kappa shape index (κ3) is 7.24. The predicted molar refractivity (Wildman–Crippen MR) is 187 cm³/mol. The number of nitrogens with zero attached hydrogens (tertiary/aromatic N) is 8. The van der Waals surface area contributed by atoms with Gasteiger partial charge in [0.1, 0.15) is 42.0 Å². The Balaban J connectivity index is 0.923. The van der Waals surface area contributed by atoms with Crippen molar-refractivity contribution in [1.29, 1.82) is 0 Å². The third-order valence-corrected chi connectivity index (χ3v) is 9.96. The van der Waals surface area contributed by atoms with Gasteiger partial charge in [0.15, 0.2) is 0 Å². The monoisotopic (exact) mass is 700 g/mol. The molecule has 12 nitrogen and oxygen atoms in total. The Morgan fingerprint density at radius 1 is 0.941 bits per heavy atom. The SMILES string of the molecule is CC[C@H](C(C)O)n1ncn(-c2ccc(N3CCN(c4ccc(OCC5COC(Cn6cncn6)(c6ccc(F)cc6F)C5)cc4)CC3)cc2)c1=O. The van der Waals surface area contributed by atoms with Gasteiger partial charge in [-0.3, -0.25) is 0 Å². The van der Waals surface area contributed by atoms with Crippen LogP contribution in [0.2, 0.25) is 0 Å². The fourth-order valence-corrected chi connectivity index (χ4v) is 7.24. The first-order valence-corrected chi connectivity index (χ1v) is 17.3. The fraction of sp³-hybridized carbons (Fsp3) is 0.405. The van der Waals surface area contributed by atoms with Crippen LogP contribution in [0.25, 0.3) is 5.69 Å². The molecule has 14 heteroatoms.